The van der Waals surface area contributed by atoms with Crippen LogP contribution in [0.4, 0.5) is 5.69 Å². The summed E-state index contributed by atoms with van der Waals surface area (Å²) in [4.78, 5) is 17.0. The molecule has 5 nitrogen and oxygen atoms in total. The van der Waals surface area contributed by atoms with Crippen LogP contribution < -0.4 is 10.4 Å². The molecule has 1 aliphatic heterocycles. The van der Waals surface area contributed by atoms with Gasteiger partial charge in [0.2, 0.25) is 0 Å². The summed E-state index contributed by atoms with van der Waals surface area (Å²) in [5, 5.41) is 5.22. The highest BCUT2D eigenvalue weighted by atomic mass is 16.6. The van der Waals surface area contributed by atoms with Crippen LogP contribution in [0.1, 0.15) is 6.92 Å². The molecule has 1 aromatic rings. The molecule has 1 fully saturated rings. The first kappa shape index (κ1) is 12.1. The molecule has 0 saturated carbocycles. The summed E-state index contributed by atoms with van der Waals surface area (Å²) in [6, 6.07) is 9.07. The van der Waals surface area contributed by atoms with E-state index in [1.807, 2.05) is 37.3 Å². The van der Waals surface area contributed by atoms with Crippen LogP contribution in [0, 0.1) is 12.3 Å². The summed E-state index contributed by atoms with van der Waals surface area (Å²) < 4.78 is 0. The summed E-state index contributed by atoms with van der Waals surface area (Å²) in [5.74, 6) is 2.06. The predicted molar refractivity (Wildman–Crippen MR) is 68.7 cm³/mol. The summed E-state index contributed by atoms with van der Waals surface area (Å²) in [6.07, 6.45) is 5.05. The lowest BCUT2D eigenvalue weighted by atomic mass is 10.2. The fourth-order valence-electron chi connectivity index (χ4n) is 1.64. The van der Waals surface area contributed by atoms with E-state index in [0.29, 0.717) is 5.71 Å². The Morgan fingerprint density at radius 2 is 2.22 bits per heavy atom. The fourth-order valence-corrected chi connectivity index (χ4v) is 1.64. The van der Waals surface area contributed by atoms with Gasteiger partial charge in [0.05, 0.1) is 11.7 Å². The van der Waals surface area contributed by atoms with Gasteiger partial charge in [0, 0.05) is 0 Å². The predicted octanol–water partition coefficient (Wildman–Crippen LogP) is 0.932. The maximum absolute atomic E-state index is 12.1. The molecule has 0 aromatic heterocycles. The molecular formula is C13H13N3O2. The van der Waals surface area contributed by atoms with Crippen molar-refractivity contribution >= 4 is 17.3 Å². The van der Waals surface area contributed by atoms with Gasteiger partial charge in [-0.25, -0.2) is 10.4 Å². The van der Waals surface area contributed by atoms with Crippen molar-refractivity contribution < 1.29 is 9.63 Å². The first-order chi connectivity index (χ1) is 8.74. The van der Waals surface area contributed by atoms with Gasteiger partial charge in [-0.05, 0) is 19.1 Å². The van der Waals surface area contributed by atoms with Crippen molar-refractivity contribution in [3.63, 3.8) is 0 Å². The molecule has 1 aliphatic rings. The molecule has 92 valence electrons. The van der Waals surface area contributed by atoms with Gasteiger partial charge in [0.25, 0.3) is 5.91 Å². The maximum atomic E-state index is 12.1. The Morgan fingerprint density at radius 3 is 2.89 bits per heavy atom. The molecule has 1 aromatic carbocycles. The van der Waals surface area contributed by atoms with E-state index in [9.17, 15) is 4.79 Å². The first-order valence-corrected chi connectivity index (χ1v) is 5.53. The second-order valence-electron chi connectivity index (χ2n) is 3.78. The number of nitrogens with zero attached hydrogens (tertiary/aromatic N) is 2. The third-order valence-electron chi connectivity index (χ3n) is 2.48. The quantitative estimate of drug-likeness (QED) is 0.488. The van der Waals surface area contributed by atoms with Gasteiger partial charge in [-0.15, -0.1) is 6.42 Å². The Morgan fingerprint density at radius 1 is 1.50 bits per heavy atom. The minimum Gasteiger partial charge on any atom is -0.382 e. The van der Waals surface area contributed by atoms with Gasteiger partial charge in [-0.1, -0.05) is 29.3 Å². The molecule has 1 heterocycles. The van der Waals surface area contributed by atoms with E-state index in [4.69, 9.17) is 11.3 Å². The van der Waals surface area contributed by atoms with E-state index in [-0.39, 0.29) is 18.6 Å². The molecule has 1 atom stereocenters. The number of hydrazine groups is 1. The van der Waals surface area contributed by atoms with Gasteiger partial charge >= 0.3 is 0 Å². The van der Waals surface area contributed by atoms with E-state index >= 15 is 0 Å². The van der Waals surface area contributed by atoms with Crippen molar-refractivity contribution in [3.8, 4) is 12.3 Å². The number of benzene rings is 1. The van der Waals surface area contributed by atoms with Crippen molar-refractivity contribution in [3.05, 3.63) is 30.3 Å². The molecule has 0 bridgehead atoms. The number of terminal acetylenes is 1. The Balaban J connectivity index is 2.17. The zero-order valence-electron chi connectivity index (χ0n) is 9.96. The normalized spacial score (nSPS) is 21.1. The first-order valence-electron chi connectivity index (χ1n) is 5.53. The lowest BCUT2D eigenvalue weighted by Gasteiger charge is -2.15. The minimum atomic E-state index is -0.231. The minimum absolute atomic E-state index is 0.0504. The number of amides is 1. The molecule has 18 heavy (non-hydrogen) atoms. The second kappa shape index (κ2) is 5.34. The molecule has 1 unspecified atom stereocenters. The zero-order valence-corrected chi connectivity index (χ0v) is 9.96. The molecule has 1 amide bonds. The van der Waals surface area contributed by atoms with Crippen LogP contribution >= 0.6 is 0 Å². The van der Waals surface area contributed by atoms with Crippen LogP contribution in [0.5, 0.6) is 0 Å². The van der Waals surface area contributed by atoms with Crippen LogP contribution in [0.25, 0.3) is 0 Å². The lowest BCUT2D eigenvalue weighted by molar-refractivity contribution is -0.112. The average molecular weight is 243 g/mol. The van der Waals surface area contributed by atoms with E-state index in [1.54, 1.807) is 0 Å². The number of nitrogens with one attached hydrogen (secondary N) is 1. The molecule has 2 rings (SSSR count). The molecule has 1 N–H and O–H groups in total. The number of rotatable bonds is 3. The van der Waals surface area contributed by atoms with Gasteiger partial charge < -0.3 is 4.84 Å². The van der Waals surface area contributed by atoms with Gasteiger partial charge in [-0.3, -0.25) is 4.79 Å². The van der Waals surface area contributed by atoms with Crippen LogP contribution in [0.2, 0.25) is 0 Å². The molecule has 0 aliphatic carbocycles. The van der Waals surface area contributed by atoms with Crippen LogP contribution in [0.15, 0.2) is 35.5 Å². The average Bonchev–Trinajstić information content (AvgIpc) is 2.68. The van der Waals surface area contributed by atoms with E-state index in [1.165, 1.54) is 5.01 Å². The zero-order chi connectivity index (χ0) is 13.0. The topological polar surface area (TPSA) is 53.9 Å². The standard InChI is InChI=1S/C13H13N3O2/c1-3-9-18-15-12-10(2)14-16(13(12)17)11-7-5-4-6-8-11/h1,4-8,10,14H,9H2,2H3. The third-order valence-corrected chi connectivity index (χ3v) is 2.48. The highest BCUT2D eigenvalue weighted by Crippen LogP contribution is 2.17. The molecule has 0 radical (unpaired) electrons. The van der Waals surface area contributed by atoms with Crippen molar-refractivity contribution in [2.45, 2.75) is 13.0 Å². The van der Waals surface area contributed by atoms with Crippen LogP contribution in [-0.2, 0) is 9.63 Å². The van der Waals surface area contributed by atoms with Crippen LogP contribution in [0.3, 0.4) is 0 Å². The summed E-state index contributed by atoms with van der Waals surface area (Å²) >= 11 is 0. The Labute approximate surface area is 105 Å². The molecule has 1 saturated heterocycles. The lowest BCUT2D eigenvalue weighted by Crippen LogP contribution is -2.36. The second-order valence-corrected chi connectivity index (χ2v) is 3.78. The van der Waals surface area contributed by atoms with E-state index < -0.39 is 0 Å². The number of para-hydroxylation sites is 1. The fraction of sp³-hybridized carbons (Fsp3) is 0.231. The van der Waals surface area contributed by atoms with Gasteiger partial charge in [-0.2, -0.15) is 0 Å². The van der Waals surface area contributed by atoms with Gasteiger partial charge in [0.1, 0.15) is 0 Å². The van der Waals surface area contributed by atoms with Crippen molar-refractivity contribution in [2.75, 3.05) is 11.6 Å². The Kier molecular flexibility index (Phi) is 3.60. The SMILES string of the molecule is C#CCON=C1C(=O)N(c2ccccc2)NC1C. The number of hydrogen-bond donors (Lipinski definition) is 1. The maximum Gasteiger partial charge on any atom is 0.292 e. The summed E-state index contributed by atoms with van der Waals surface area (Å²) in [5.41, 5.74) is 4.09. The Hall–Kier alpha value is -2.32. The smallest absolute Gasteiger partial charge is 0.292 e. The number of hydrogen-bond acceptors (Lipinski definition) is 4. The van der Waals surface area contributed by atoms with Crippen LogP contribution in [-0.4, -0.2) is 24.3 Å². The highest BCUT2D eigenvalue weighted by molar-refractivity contribution is 6.47. The van der Waals surface area contributed by atoms with E-state index in [0.717, 1.165) is 5.69 Å². The molecule has 5 heteroatoms. The molecule has 0 spiro atoms. The number of anilines is 1. The molecular weight excluding hydrogens is 230 g/mol. The van der Waals surface area contributed by atoms with E-state index in [2.05, 4.69) is 16.5 Å². The summed E-state index contributed by atoms with van der Waals surface area (Å²) in [7, 11) is 0. The van der Waals surface area contributed by atoms with Crippen molar-refractivity contribution in [1.29, 1.82) is 0 Å². The van der Waals surface area contributed by atoms with Gasteiger partial charge in [0.15, 0.2) is 12.3 Å². The number of carbonyl (C=O) groups excluding carboxylic acids is 1. The van der Waals surface area contributed by atoms with Crippen molar-refractivity contribution in [2.24, 2.45) is 5.16 Å². The number of carbonyl (C=O) groups is 1. The monoisotopic (exact) mass is 243 g/mol. The Bertz CT molecular complexity index is 505. The summed E-state index contributed by atoms with van der Waals surface area (Å²) in [6.45, 7) is 1.88. The number of oxime groups is 1. The highest BCUT2D eigenvalue weighted by Gasteiger charge is 2.35. The largest absolute Gasteiger partial charge is 0.382 e. The third kappa shape index (κ3) is 2.34. The van der Waals surface area contributed by atoms with Crippen molar-refractivity contribution in [1.82, 2.24) is 5.43 Å².